The van der Waals surface area contributed by atoms with E-state index >= 15 is 0 Å². The lowest BCUT2D eigenvalue weighted by Gasteiger charge is -2.32. The number of piperidine rings is 1. The van der Waals surface area contributed by atoms with Gasteiger partial charge in [-0.25, -0.2) is 0 Å². The van der Waals surface area contributed by atoms with Crippen LogP contribution in [0.3, 0.4) is 0 Å². The van der Waals surface area contributed by atoms with Crippen molar-refractivity contribution in [3.8, 4) is 0 Å². The highest BCUT2D eigenvalue weighted by Gasteiger charge is 2.39. The molecule has 1 aromatic carbocycles. The van der Waals surface area contributed by atoms with Gasteiger partial charge in [0.1, 0.15) is 6.04 Å². The monoisotopic (exact) mass is 396 g/mol. The first-order valence-electron chi connectivity index (χ1n) is 10.8. The Morgan fingerprint density at radius 2 is 2.00 bits per heavy atom. The lowest BCUT2D eigenvalue weighted by atomic mass is 9.80. The first-order valence-corrected chi connectivity index (χ1v) is 10.8. The summed E-state index contributed by atoms with van der Waals surface area (Å²) in [7, 11) is 0. The van der Waals surface area contributed by atoms with E-state index in [1.54, 1.807) is 4.90 Å². The summed E-state index contributed by atoms with van der Waals surface area (Å²) in [4.78, 5) is 38.0. The molecule has 0 aromatic heterocycles. The maximum atomic E-state index is 12.8. The maximum absolute atomic E-state index is 12.8. The molecule has 1 aliphatic carbocycles. The Morgan fingerprint density at radius 3 is 2.86 bits per heavy atom. The lowest BCUT2D eigenvalue weighted by molar-refractivity contribution is -0.136. The number of fused-ring (bicyclic) bond motifs is 5. The Balaban J connectivity index is 1.25. The van der Waals surface area contributed by atoms with Crippen LogP contribution in [-0.4, -0.2) is 47.8 Å². The molecule has 7 heteroatoms. The highest BCUT2D eigenvalue weighted by molar-refractivity contribution is 6.05. The Morgan fingerprint density at radius 1 is 1.10 bits per heavy atom. The van der Waals surface area contributed by atoms with Crippen LogP contribution in [0.15, 0.2) is 18.2 Å². The molecule has 4 atom stereocenters. The largest absolute Gasteiger partial charge is 0.322 e. The summed E-state index contributed by atoms with van der Waals surface area (Å²) in [5.74, 6) is 0.757. The normalized spacial score (nSPS) is 31.6. The van der Waals surface area contributed by atoms with Gasteiger partial charge in [-0.15, -0.1) is 0 Å². The van der Waals surface area contributed by atoms with Crippen molar-refractivity contribution in [3.05, 3.63) is 34.9 Å². The smallest absolute Gasteiger partial charge is 0.255 e. The summed E-state index contributed by atoms with van der Waals surface area (Å²) in [6.45, 7) is 3.49. The topological polar surface area (TPSA) is 90.5 Å². The zero-order chi connectivity index (χ0) is 20.0. The number of nitrogens with one attached hydrogen (secondary N) is 3. The van der Waals surface area contributed by atoms with E-state index in [1.807, 2.05) is 12.1 Å². The third kappa shape index (κ3) is 3.57. The molecule has 0 spiro atoms. The van der Waals surface area contributed by atoms with Gasteiger partial charge in [0.15, 0.2) is 0 Å². The van der Waals surface area contributed by atoms with E-state index in [4.69, 9.17) is 0 Å². The van der Waals surface area contributed by atoms with Gasteiger partial charge in [0, 0.05) is 31.1 Å². The van der Waals surface area contributed by atoms with Crippen molar-refractivity contribution >= 4 is 17.7 Å². The average Bonchev–Trinajstić information content (AvgIpc) is 2.88. The van der Waals surface area contributed by atoms with Crippen molar-refractivity contribution in [3.63, 3.8) is 0 Å². The molecule has 7 nitrogen and oxygen atoms in total. The number of hydrogen-bond acceptors (Lipinski definition) is 5. The van der Waals surface area contributed by atoms with E-state index in [9.17, 15) is 14.4 Å². The zero-order valence-corrected chi connectivity index (χ0v) is 16.6. The number of carbonyl (C=O) groups is 3. The highest BCUT2D eigenvalue weighted by atomic mass is 16.2. The van der Waals surface area contributed by atoms with Crippen LogP contribution < -0.4 is 16.0 Å². The minimum atomic E-state index is -0.553. The van der Waals surface area contributed by atoms with Crippen molar-refractivity contribution in [2.75, 3.05) is 13.1 Å². The highest BCUT2D eigenvalue weighted by Crippen LogP contribution is 2.32. The van der Waals surface area contributed by atoms with Gasteiger partial charge in [0.25, 0.3) is 5.91 Å². The number of nitrogens with zero attached hydrogens (tertiary/aromatic N) is 1. The molecule has 2 bridgehead atoms. The Kier molecular flexibility index (Phi) is 4.87. The second-order valence-electron chi connectivity index (χ2n) is 8.98. The number of amides is 3. The number of rotatable bonds is 4. The molecule has 1 aromatic rings. The maximum Gasteiger partial charge on any atom is 0.255 e. The van der Waals surface area contributed by atoms with Crippen LogP contribution in [0.25, 0.3) is 0 Å². The van der Waals surface area contributed by atoms with Crippen LogP contribution in [0.2, 0.25) is 0 Å². The van der Waals surface area contributed by atoms with Crippen LogP contribution in [0, 0.1) is 11.8 Å². The average molecular weight is 396 g/mol. The van der Waals surface area contributed by atoms with E-state index in [-0.39, 0.29) is 24.1 Å². The lowest BCUT2D eigenvalue weighted by Crippen LogP contribution is -2.52. The Hall–Kier alpha value is -2.25. The van der Waals surface area contributed by atoms with Gasteiger partial charge in [-0.1, -0.05) is 12.1 Å². The number of hydrogen-bond donors (Lipinski definition) is 3. The van der Waals surface area contributed by atoms with Crippen molar-refractivity contribution in [1.29, 1.82) is 0 Å². The third-order valence-electron chi connectivity index (χ3n) is 7.10. The Bertz CT molecular complexity index is 850. The van der Waals surface area contributed by atoms with Gasteiger partial charge < -0.3 is 15.5 Å². The van der Waals surface area contributed by atoms with Crippen LogP contribution >= 0.6 is 0 Å². The van der Waals surface area contributed by atoms with E-state index in [0.717, 1.165) is 31.1 Å². The summed E-state index contributed by atoms with van der Waals surface area (Å²) in [6, 6.07) is 6.01. The second kappa shape index (κ2) is 7.54. The van der Waals surface area contributed by atoms with Gasteiger partial charge in [-0.3, -0.25) is 19.7 Å². The SMILES string of the molecule is O=C1CCC(N2Cc3cc(CN[C@@H]4C[C@H]5CC[C@@H]4CNC5)ccc3C2=O)C(=O)N1. The van der Waals surface area contributed by atoms with E-state index in [2.05, 4.69) is 22.0 Å². The minimum absolute atomic E-state index is 0.110. The first-order chi connectivity index (χ1) is 14.1. The molecule has 1 unspecified atom stereocenters. The number of carbonyl (C=O) groups excluding carboxylic acids is 3. The molecular formula is C22H28N4O3. The molecule has 6 rings (SSSR count). The van der Waals surface area contributed by atoms with E-state index < -0.39 is 6.04 Å². The minimum Gasteiger partial charge on any atom is -0.322 e. The molecular weight excluding hydrogens is 368 g/mol. The van der Waals surface area contributed by atoms with Gasteiger partial charge >= 0.3 is 0 Å². The van der Waals surface area contributed by atoms with Crippen molar-refractivity contribution in [2.45, 2.75) is 57.3 Å². The number of imide groups is 1. The third-order valence-corrected chi connectivity index (χ3v) is 7.10. The fourth-order valence-corrected chi connectivity index (χ4v) is 5.46. The standard InChI is InChI=1S/C22H28N4O3/c27-20-6-5-19(21(28)25-20)26-12-16-7-13(2-4-17(16)22(26)29)10-24-18-8-14-1-3-15(18)11-23-9-14/h2,4,7,14-15,18-19,23-24H,1,3,5-6,8-12H2,(H,25,27,28)/t14-,15-,18-,19?/m1/s1. The summed E-state index contributed by atoms with van der Waals surface area (Å²) in [6.07, 6.45) is 4.56. The molecule has 4 aliphatic heterocycles. The predicted octanol–water partition coefficient (Wildman–Crippen LogP) is 0.925. The van der Waals surface area contributed by atoms with Crippen molar-refractivity contribution in [2.24, 2.45) is 11.8 Å². The quantitative estimate of drug-likeness (QED) is 0.659. The molecule has 3 saturated heterocycles. The van der Waals surface area contributed by atoms with Gasteiger partial charge in [0.2, 0.25) is 11.8 Å². The van der Waals surface area contributed by atoms with Gasteiger partial charge in [-0.2, -0.15) is 0 Å². The molecule has 1 saturated carbocycles. The summed E-state index contributed by atoms with van der Waals surface area (Å²) in [5.41, 5.74) is 2.83. The fraction of sp³-hybridized carbons (Fsp3) is 0.591. The van der Waals surface area contributed by atoms with Crippen molar-refractivity contribution < 1.29 is 14.4 Å². The van der Waals surface area contributed by atoms with Crippen LogP contribution in [0.4, 0.5) is 0 Å². The van der Waals surface area contributed by atoms with Crippen LogP contribution in [0.5, 0.6) is 0 Å². The molecule has 3 amide bonds. The second-order valence-corrected chi connectivity index (χ2v) is 8.98. The molecule has 5 aliphatic rings. The molecule has 3 N–H and O–H groups in total. The zero-order valence-electron chi connectivity index (χ0n) is 16.6. The molecule has 154 valence electrons. The van der Waals surface area contributed by atoms with Gasteiger partial charge in [0.05, 0.1) is 0 Å². The summed E-state index contributed by atoms with van der Waals surface area (Å²) in [5, 5.41) is 9.69. The van der Waals surface area contributed by atoms with E-state index in [0.29, 0.717) is 30.5 Å². The Labute approximate surface area is 170 Å². The predicted molar refractivity (Wildman–Crippen MR) is 107 cm³/mol. The van der Waals surface area contributed by atoms with Crippen LogP contribution in [0.1, 0.15) is 53.6 Å². The summed E-state index contributed by atoms with van der Waals surface area (Å²) < 4.78 is 0. The molecule has 4 heterocycles. The van der Waals surface area contributed by atoms with Crippen LogP contribution in [-0.2, 0) is 22.7 Å². The molecule has 29 heavy (non-hydrogen) atoms. The summed E-state index contributed by atoms with van der Waals surface area (Å²) >= 11 is 0. The van der Waals surface area contributed by atoms with Gasteiger partial charge in [-0.05, 0) is 67.8 Å². The molecule has 0 radical (unpaired) electrons. The number of benzene rings is 1. The molecule has 4 fully saturated rings. The van der Waals surface area contributed by atoms with Crippen molar-refractivity contribution in [1.82, 2.24) is 20.9 Å². The first kappa shape index (κ1) is 18.8. The fourth-order valence-electron chi connectivity index (χ4n) is 5.46. The van der Waals surface area contributed by atoms with E-state index in [1.165, 1.54) is 24.8 Å².